The van der Waals surface area contributed by atoms with E-state index in [1.807, 2.05) is 45.0 Å². The second kappa shape index (κ2) is 6.28. The van der Waals surface area contributed by atoms with Crippen molar-refractivity contribution >= 4 is 11.6 Å². The van der Waals surface area contributed by atoms with Crippen molar-refractivity contribution in [2.24, 2.45) is 11.1 Å². The van der Waals surface area contributed by atoms with Crippen LogP contribution in [0.4, 0.5) is 5.69 Å². The molecule has 25 heavy (non-hydrogen) atoms. The molecule has 3 N–H and O–H groups in total. The summed E-state index contributed by atoms with van der Waals surface area (Å²) >= 11 is 0. The molecule has 0 spiro atoms. The first-order valence-corrected chi connectivity index (χ1v) is 8.52. The lowest BCUT2D eigenvalue weighted by Gasteiger charge is -2.57. The maximum absolute atomic E-state index is 12.7. The molecule has 1 aliphatic rings. The lowest BCUT2D eigenvalue weighted by atomic mass is 9.54. The molecule has 2 aromatic rings. The Balaban J connectivity index is 1.69. The number of carbonyl (C=O) groups excluding carboxylic acids is 1. The average molecular weight is 343 g/mol. The van der Waals surface area contributed by atoms with Crippen LogP contribution in [0.5, 0.6) is 0 Å². The van der Waals surface area contributed by atoms with E-state index in [1.165, 1.54) is 0 Å². The highest BCUT2D eigenvalue weighted by Gasteiger charge is 2.62. The summed E-state index contributed by atoms with van der Waals surface area (Å²) in [7, 11) is 0. The van der Waals surface area contributed by atoms with Crippen molar-refractivity contribution in [3.8, 4) is 11.3 Å². The van der Waals surface area contributed by atoms with Gasteiger partial charge in [0, 0.05) is 36.6 Å². The van der Waals surface area contributed by atoms with Crippen molar-refractivity contribution in [2.45, 2.75) is 45.8 Å². The second-order valence-corrected chi connectivity index (χ2v) is 7.12. The Bertz CT molecular complexity index is 766. The first-order valence-electron chi connectivity index (χ1n) is 8.52. The summed E-state index contributed by atoms with van der Waals surface area (Å²) < 4.78 is 11.2. The molecule has 3 rings (SSSR count). The highest BCUT2D eigenvalue weighted by atomic mass is 16.5. The minimum atomic E-state index is -0.937. The van der Waals surface area contributed by atoms with Crippen LogP contribution in [0.15, 0.2) is 34.9 Å². The van der Waals surface area contributed by atoms with E-state index < -0.39 is 11.0 Å². The molecule has 1 saturated carbocycles. The molecule has 1 aromatic carbocycles. The molecule has 1 fully saturated rings. The summed E-state index contributed by atoms with van der Waals surface area (Å²) in [5.41, 5.74) is 6.66. The Morgan fingerprint density at radius 3 is 2.60 bits per heavy atom. The van der Waals surface area contributed by atoms with E-state index >= 15 is 0 Å². The zero-order valence-corrected chi connectivity index (χ0v) is 15.1. The molecule has 1 aliphatic carbocycles. The number of aryl methyl sites for hydroxylation is 1. The third-order valence-corrected chi connectivity index (χ3v) is 5.28. The van der Waals surface area contributed by atoms with Crippen LogP contribution in [-0.2, 0) is 9.53 Å². The van der Waals surface area contributed by atoms with Crippen molar-refractivity contribution in [1.29, 1.82) is 0 Å². The highest BCUT2D eigenvalue weighted by Crippen LogP contribution is 2.50. The molecule has 134 valence electrons. The van der Waals surface area contributed by atoms with Crippen molar-refractivity contribution in [1.82, 2.24) is 4.98 Å². The SMILES string of the molecule is CCOC1CC(N)(C(=O)Nc2ccc(-c3cnc(C)o3)cc2)C1(C)C. The van der Waals surface area contributed by atoms with Crippen molar-refractivity contribution in [2.75, 3.05) is 11.9 Å². The molecule has 6 nitrogen and oxygen atoms in total. The first-order chi connectivity index (χ1) is 11.8. The van der Waals surface area contributed by atoms with Gasteiger partial charge in [0.1, 0.15) is 5.54 Å². The number of aromatic nitrogens is 1. The van der Waals surface area contributed by atoms with Crippen molar-refractivity contribution in [3.63, 3.8) is 0 Å². The number of anilines is 1. The van der Waals surface area contributed by atoms with Gasteiger partial charge in [-0.3, -0.25) is 4.79 Å². The minimum absolute atomic E-state index is 0.00492. The number of rotatable bonds is 5. The molecule has 2 unspecified atom stereocenters. The van der Waals surface area contributed by atoms with Gasteiger partial charge in [0.05, 0.1) is 12.3 Å². The van der Waals surface area contributed by atoms with Gasteiger partial charge in [-0.05, 0) is 31.2 Å². The third kappa shape index (κ3) is 2.96. The summed E-state index contributed by atoms with van der Waals surface area (Å²) in [6, 6.07) is 7.43. The molecular formula is C19H25N3O3. The third-order valence-electron chi connectivity index (χ3n) is 5.28. The van der Waals surface area contributed by atoms with Crippen LogP contribution < -0.4 is 11.1 Å². The summed E-state index contributed by atoms with van der Waals surface area (Å²) in [6.07, 6.45) is 2.21. The quantitative estimate of drug-likeness (QED) is 0.870. The van der Waals surface area contributed by atoms with Gasteiger partial charge in [0.2, 0.25) is 5.91 Å². The second-order valence-electron chi connectivity index (χ2n) is 7.12. The van der Waals surface area contributed by atoms with Gasteiger partial charge in [-0.25, -0.2) is 4.98 Å². The Labute approximate surface area is 147 Å². The molecule has 0 bridgehead atoms. The molecule has 2 atom stereocenters. The smallest absolute Gasteiger partial charge is 0.245 e. The van der Waals surface area contributed by atoms with Crippen LogP contribution in [0.2, 0.25) is 0 Å². The van der Waals surface area contributed by atoms with Crippen molar-refractivity contribution in [3.05, 3.63) is 36.4 Å². The van der Waals surface area contributed by atoms with E-state index in [0.29, 0.717) is 30.4 Å². The topological polar surface area (TPSA) is 90.4 Å². The van der Waals surface area contributed by atoms with E-state index in [-0.39, 0.29) is 12.0 Å². The Morgan fingerprint density at radius 1 is 1.40 bits per heavy atom. The molecule has 1 amide bonds. The lowest BCUT2D eigenvalue weighted by Crippen LogP contribution is -2.74. The highest BCUT2D eigenvalue weighted by molar-refractivity contribution is 5.99. The maximum atomic E-state index is 12.7. The zero-order valence-electron chi connectivity index (χ0n) is 15.1. The van der Waals surface area contributed by atoms with Crippen LogP contribution in [0.1, 0.15) is 33.1 Å². The van der Waals surface area contributed by atoms with E-state index in [1.54, 1.807) is 13.1 Å². The van der Waals surface area contributed by atoms with Crippen LogP contribution in [0.3, 0.4) is 0 Å². The van der Waals surface area contributed by atoms with Gasteiger partial charge in [0.15, 0.2) is 11.7 Å². The van der Waals surface area contributed by atoms with Crippen LogP contribution in [-0.4, -0.2) is 29.1 Å². The molecule has 0 saturated heterocycles. The standard InChI is InChI=1S/C19H25N3O3/c1-5-24-16-10-19(20,18(16,3)4)17(23)22-14-8-6-13(7-9-14)15-11-21-12(2)25-15/h6-9,11,16H,5,10,20H2,1-4H3,(H,22,23). The van der Waals surface area contributed by atoms with E-state index in [0.717, 1.165) is 5.56 Å². The molecular weight excluding hydrogens is 318 g/mol. The Morgan fingerprint density at radius 2 is 2.08 bits per heavy atom. The maximum Gasteiger partial charge on any atom is 0.245 e. The average Bonchev–Trinajstić information content (AvgIpc) is 3.01. The number of nitrogens with two attached hydrogens (primary N) is 1. The molecule has 0 radical (unpaired) electrons. The number of oxazole rings is 1. The van der Waals surface area contributed by atoms with E-state index in [9.17, 15) is 4.79 Å². The fourth-order valence-corrected chi connectivity index (χ4v) is 3.28. The number of benzene rings is 1. The van der Waals surface area contributed by atoms with Gasteiger partial charge in [-0.1, -0.05) is 13.8 Å². The summed E-state index contributed by atoms with van der Waals surface area (Å²) in [4.78, 5) is 16.8. The van der Waals surface area contributed by atoms with E-state index in [2.05, 4.69) is 10.3 Å². The first kappa shape index (κ1) is 17.6. The van der Waals surface area contributed by atoms with Crippen LogP contribution in [0, 0.1) is 12.3 Å². The predicted octanol–water partition coefficient (Wildman–Crippen LogP) is 3.12. The summed E-state index contributed by atoms with van der Waals surface area (Å²) in [5.74, 6) is 1.13. The largest absolute Gasteiger partial charge is 0.441 e. The lowest BCUT2D eigenvalue weighted by molar-refractivity contribution is -0.166. The van der Waals surface area contributed by atoms with Gasteiger partial charge >= 0.3 is 0 Å². The molecule has 6 heteroatoms. The fourth-order valence-electron chi connectivity index (χ4n) is 3.28. The monoisotopic (exact) mass is 343 g/mol. The molecule has 1 aromatic heterocycles. The number of hydrogen-bond donors (Lipinski definition) is 2. The number of amides is 1. The Kier molecular flexibility index (Phi) is 4.43. The van der Waals surface area contributed by atoms with Gasteiger partial charge in [-0.15, -0.1) is 0 Å². The van der Waals surface area contributed by atoms with Crippen LogP contribution >= 0.6 is 0 Å². The van der Waals surface area contributed by atoms with Crippen molar-refractivity contribution < 1.29 is 13.9 Å². The normalized spacial score (nSPS) is 24.6. The van der Waals surface area contributed by atoms with Gasteiger partial charge in [0.25, 0.3) is 0 Å². The number of nitrogens with zero attached hydrogens (tertiary/aromatic N) is 1. The summed E-state index contributed by atoms with van der Waals surface area (Å²) in [5, 5.41) is 2.92. The summed E-state index contributed by atoms with van der Waals surface area (Å²) in [6.45, 7) is 8.32. The number of hydrogen-bond acceptors (Lipinski definition) is 5. The van der Waals surface area contributed by atoms with E-state index in [4.69, 9.17) is 14.9 Å². The fraction of sp³-hybridized carbons (Fsp3) is 0.474. The Hall–Kier alpha value is -2.18. The number of ether oxygens (including phenoxy) is 1. The zero-order chi connectivity index (χ0) is 18.2. The molecule has 0 aliphatic heterocycles. The van der Waals surface area contributed by atoms with Crippen LogP contribution in [0.25, 0.3) is 11.3 Å². The number of nitrogens with one attached hydrogen (secondary N) is 1. The minimum Gasteiger partial charge on any atom is -0.441 e. The molecule has 1 heterocycles. The number of carbonyl (C=O) groups is 1. The van der Waals surface area contributed by atoms with Gasteiger partial charge < -0.3 is 20.2 Å². The van der Waals surface area contributed by atoms with Gasteiger partial charge in [-0.2, -0.15) is 0 Å². The predicted molar refractivity (Wildman–Crippen MR) is 96.0 cm³/mol.